The van der Waals surface area contributed by atoms with Gasteiger partial charge in [0.2, 0.25) is 0 Å². The van der Waals surface area contributed by atoms with Crippen molar-refractivity contribution in [2.24, 2.45) is 0 Å². The molecule has 0 heterocycles. The standard InChI is InChI=1S/C10H15O/c1-3-9-7-5-6-8-10(9)11-4-2/h5-8,10H,3-4H2,1-2H3. The summed E-state index contributed by atoms with van der Waals surface area (Å²) in [5.41, 5.74) is 1.37. The third-order valence-corrected chi connectivity index (χ3v) is 1.83. The highest BCUT2D eigenvalue weighted by Gasteiger charge is 2.12. The quantitative estimate of drug-likeness (QED) is 0.602. The fourth-order valence-corrected chi connectivity index (χ4v) is 1.22. The Morgan fingerprint density at radius 1 is 1.36 bits per heavy atom. The SMILES string of the molecule is CCOC1[CH]C=CC=C1CC. The van der Waals surface area contributed by atoms with Crippen molar-refractivity contribution in [2.45, 2.75) is 26.4 Å². The molecule has 1 heteroatoms. The maximum Gasteiger partial charge on any atom is 0.0857 e. The molecule has 0 spiro atoms. The molecule has 0 fully saturated rings. The second kappa shape index (κ2) is 4.35. The van der Waals surface area contributed by atoms with Gasteiger partial charge in [0, 0.05) is 13.0 Å². The van der Waals surface area contributed by atoms with Crippen LogP contribution < -0.4 is 0 Å². The van der Waals surface area contributed by atoms with Crippen molar-refractivity contribution in [1.82, 2.24) is 0 Å². The average Bonchev–Trinajstić information content (AvgIpc) is 2.06. The van der Waals surface area contributed by atoms with E-state index in [1.165, 1.54) is 5.57 Å². The van der Waals surface area contributed by atoms with E-state index in [1.807, 2.05) is 13.0 Å². The van der Waals surface area contributed by atoms with Crippen LogP contribution in [0.4, 0.5) is 0 Å². The zero-order valence-corrected chi connectivity index (χ0v) is 7.21. The van der Waals surface area contributed by atoms with E-state index in [0.717, 1.165) is 13.0 Å². The van der Waals surface area contributed by atoms with Crippen LogP contribution >= 0.6 is 0 Å². The van der Waals surface area contributed by atoms with E-state index in [9.17, 15) is 0 Å². The minimum Gasteiger partial charge on any atom is -0.374 e. The van der Waals surface area contributed by atoms with Gasteiger partial charge in [-0.2, -0.15) is 0 Å². The Morgan fingerprint density at radius 3 is 2.82 bits per heavy atom. The van der Waals surface area contributed by atoms with Crippen LogP contribution in [0.5, 0.6) is 0 Å². The molecule has 0 aromatic heterocycles. The molecule has 0 aliphatic heterocycles. The molecule has 1 rings (SSSR count). The molecule has 1 radical (unpaired) electrons. The van der Waals surface area contributed by atoms with Gasteiger partial charge in [-0.15, -0.1) is 0 Å². The van der Waals surface area contributed by atoms with E-state index in [4.69, 9.17) is 4.74 Å². The van der Waals surface area contributed by atoms with E-state index in [2.05, 4.69) is 25.5 Å². The maximum absolute atomic E-state index is 5.51. The minimum atomic E-state index is 0.231. The lowest BCUT2D eigenvalue weighted by Gasteiger charge is -2.19. The van der Waals surface area contributed by atoms with Gasteiger partial charge in [-0.25, -0.2) is 0 Å². The number of allylic oxidation sites excluding steroid dienone is 2. The largest absolute Gasteiger partial charge is 0.374 e. The topological polar surface area (TPSA) is 9.23 Å². The Kier molecular flexibility index (Phi) is 3.37. The Balaban J connectivity index is 2.52. The van der Waals surface area contributed by atoms with Gasteiger partial charge in [-0.05, 0) is 18.9 Å². The predicted octanol–water partition coefficient (Wildman–Crippen LogP) is 2.50. The summed E-state index contributed by atoms with van der Waals surface area (Å²) in [7, 11) is 0. The number of rotatable bonds is 3. The summed E-state index contributed by atoms with van der Waals surface area (Å²) in [6, 6.07) is 0. The average molecular weight is 151 g/mol. The zero-order valence-electron chi connectivity index (χ0n) is 7.21. The summed E-state index contributed by atoms with van der Waals surface area (Å²) < 4.78 is 5.51. The zero-order chi connectivity index (χ0) is 8.10. The molecular formula is C10H15O. The fourth-order valence-electron chi connectivity index (χ4n) is 1.22. The Morgan fingerprint density at radius 2 is 2.18 bits per heavy atom. The molecule has 0 bridgehead atoms. The summed E-state index contributed by atoms with van der Waals surface area (Å²) >= 11 is 0. The Bertz CT molecular complexity index is 168. The third-order valence-electron chi connectivity index (χ3n) is 1.83. The smallest absolute Gasteiger partial charge is 0.0857 e. The van der Waals surface area contributed by atoms with Crippen molar-refractivity contribution in [3.8, 4) is 0 Å². The van der Waals surface area contributed by atoms with Gasteiger partial charge in [-0.1, -0.05) is 25.2 Å². The Labute approximate surface area is 68.8 Å². The normalized spacial score (nSPS) is 23.5. The van der Waals surface area contributed by atoms with Crippen molar-refractivity contribution in [2.75, 3.05) is 6.61 Å². The first kappa shape index (κ1) is 8.54. The molecule has 0 N–H and O–H groups in total. The first-order valence-electron chi connectivity index (χ1n) is 4.20. The van der Waals surface area contributed by atoms with Gasteiger partial charge in [0.25, 0.3) is 0 Å². The van der Waals surface area contributed by atoms with Crippen molar-refractivity contribution in [3.05, 3.63) is 30.2 Å². The monoisotopic (exact) mass is 151 g/mol. The van der Waals surface area contributed by atoms with Gasteiger partial charge in [-0.3, -0.25) is 0 Å². The van der Waals surface area contributed by atoms with Gasteiger partial charge >= 0.3 is 0 Å². The van der Waals surface area contributed by atoms with Crippen LogP contribution in [0.2, 0.25) is 0 Å². The molecule has 1 atom stereocenters. The van der Waals surface area contributed by atoms with Gasteiger partial charge in [0.15, 0.2) is 0 Å². The minimum absolute atomic E-state index is 0.231. The summed E-state index contributed by atoms with van der Waals surface area (Å²) in [6.45, 7) is 4.97. The van der Waals surface area contributed by atoms with Crippen LogP contribution in [0.1, 0.15) is 20.3 Å². The van der Waals surface area contributed by atoms with Gasteiger partial charge in [0.05, 0.1) is 6.10 Å². The maximum atomic E-state index is 5.51. The van der Waals surface area contributed by atoms with Crippen LogP contribution in [0.3, 0.4) is 0 Å². The number of ether oxygens (including phenoxy) is 1. The lowest BCUT2D eigenvalue weighted by Crippen LogP contribution is -2.17. The van der Waals surface area contributed by atoms with Crippen LogP contribution in [0, 0.1) is 6.42 Å². The molecule has 1 aliphatic carbocycles. The fraction of sp³-hybridized carbons (Fsp3) is 0.500. The van der Waals surface area contributed by atoms with Gasteiger partial charge < -0.3 is 4.74 Å². The molecule has 0 aromatic rings. The van der Waals surface area contributed by atoms with Gasteiger partial charge in [0.1, 0.15) is 0 Å². The van der Waals surface area contributed by atoms with E-state index in [0.29, 0.717) is 0 Å². The predicted molar refractivity (Wildman–Crippen MR) is 47.2 cm³/mol. The Hall–Kier alpha value is -0.560. The second-order valence-electron chi connectivity index (χ2n) is 2.55. The number of hydrogen-bond donors (Lipinski definition) is 0. The highest BCUT2D eigenvalue weighted by atomic mass is 16.5. The molecule has 0 aromatic carbocycles. The van der Waals surface area contributed by atoms with Crippen molar-refractivity contribution >= 4 is 0 Å². The summed E-state index contributed by atoms with van der Waals surface area (Å²) in [5.74, 6) is 0. The highest BCUT2D eigenvalue weighted by molar-refractivity contribution is 5.28. The van der Waals surface area contributed by atoms with Crippen molar-refractivity contribution in [3.63, 3.8) is 0 Å². The molecule has 0 saturated carbocycles. The van der Waals surface area contributed by atoms with E-state index < -0.39 is 0 Å². The van der Waals surface area contributed by atoms with Crippen LogP contribution in [0.25, 0.3) is 0 Å². The molecule has 0 saturated heterocycles. The number of hydrogen-bond acceptors (Lipinski definition) is 1. The van der Waals surface area contributed by atoms with E-state index >= 15 is 0 Å². The molecule has 1 nitrogen and oxygen atoms in total. The van der Waals surface area contributed by atoms with Crippen molar-refractivity contribution in [1.29, 1.82) is 0 Å². The van der Waals surface area contributed by atoms with E-state index in [-0.39, 0.29) is 6.10 Å². The second-order valence-corrected chi connectivity index (χ2v) is 2.55. The van der Waals surface area contributed by atoms with Crippen LogP contribution in [-0.2, 0) is 4.74 Å². The molecule has 1 aliphatic rings. The van der Waals surface area contributed by atoms with Crippen LogP contribution in [-0.4, -0.2) is 12.7 Å². The summed E-state index contributed by atoms with van der Waals surface area (Å²) in [6.07, 6.45) is 9.65. The lowest BCUT2D eigenvalue weighted by atomic mass is 9.99. The first-order chi connectivity index (χ1) is 5.38. The third kappa shape index (κ3) is 2.19. The molecule has 11 heavy (non-hydrogen) atoms. The summed E-state index contributed by atoms with van der Waals surface area (Å²) in [5, 5.41) is 0. The molecule has 61 valence electrons. The van der Waals surface area contributed by atoms with Crippen LogP contribution in [0.15, 0.2) is 23.8 Å². The first-order valence-corrected chi connectivity index (χ1v) is 4.20. The molecule has 1 unspecified atom stereocenters. The van der Waals surface area contributed by atoms with Crippen molar-refractivity contribution < 1.29 is 4.74 Å². The summed E-state index contributed by atoms with van der Waals surface area (Å²) in [4.78, 5) is 0. The lowest BCUT2D eigenvalue weighted by molar-refractivity contribution is 0.110. The van der Waals surface area contributed by atoms with E-state index in [1.54, 1.807) is 0 Å². The molecule has 0 amide bonds. The molecular weight excluding hydrogens is 136 g/mol. The highest BCUT2D eigenvalue weighted by Crippen LogP contribution is 2.18.